The standard InChI is InChI=1S/C26H21ClN4O3/c1-32-20-13-8-16(14-21(20)33-2)15-28-24-22-25(31-26(34-22)18-6-4-3-5-7-18)30-23(29-24)17-9-11-19(27)12-10-17/h3-14H,15H2,1-2H3,(H,28,29,30). The van der Waals surface area contributed by atoms with E-state index in [4.69, 9.17) is 30.5 Å². The van der Waals surface area contributed by atoms with E-state index in [-0.39, 0.29) is 0 Å². The first-order valence-corrected chi connectivity index (χ1v) is 11.0. The SMILES string of the molecule is COc1ccc(CNc2nc(-c3ccc(Cl)cc3)nc3nc(-c4ccccc4)oc23)cc1OC. The lowest BCUT2D eigenvalue weighted by Crippen LogP contribution is -2.04. The van der Waals surface area contributed by atoms with Crippen LogP contribution in [-0.4, -0.2) is 29.2 Å². The molecule has 0 bridgehead atoms. The number of hydrogen-bond donors (Lipinski definition) is 1. The fourth-order valence-electron chi connectivity index (χ4n) is 3.55. The molecule has 0 aliphatic carbocycles. The Balaban J connectivity index is 1.55. The third-order valence-electron chi connectivity index (χ3n) is 5.28. The summed E-state index contributed by atoms with van der Waals surface area (Å²) >= 11 is 6.06. The first-order valence-electron chi connectivity index (χ1n) is 10.6. The summed E-state index contributed by atoms with van der Waals surface area (Å²) in [4.78, 5) is 14.0. The van der Waals surface area contributed by atoms with Gasteiger partial charge in [-0.3, -0.25) is 0 Å². The second-order valence-electron chi connectivity index (χ2n) is 7.48. The number of halogens is 1. The molecule has 5 aromatic rings. The molecule has 3 aromatic carbocycles. The third kappa shape index (κ3) is 4.38. The van der Waals surface area contributed by atoms with E-state index in [9.17, 15) is 0 Å². The van der Waals surface area contributed by atoms with Crippen molar-refractivity contribution < 1.29 is 13.9 Å². The summed E-state index contributed by atoms with van der Waals surface area (Å²) in [6, 6.07) is 22.8. The molecule has 2 aromatic heterocycles. The molecular formula is C26H21ClN4O3. The van der Waals surface area contributed by atoms with E-state index in [1.54, 1.807) is 26.4 Å². The zero-order valence-corrected chi connectivity index (χ0v) is 19.3. The zero-order valence-electron chi connectivity index (χ0n) is 18.6. The number of fused-ring (bicyclic) bond motifs is 1. The van der Waals surface area contributed by atoms with Gasteiger partial charge in [-0.2, -0.15) is 4.98 Å². The normalized spacial score (nSPS) is 10.9. The molecule has 5 rings (SSSR count). The van der Waals surface area contributed by atoms with Crippen LogP contribution in [0.5, 0.6) is 11.5 Å². The highest BCUT2D eigenvalue weighted by molar-refractivity contribution is 6.30. The summed E-state index contributed by atoms with van der Waals surface area (Å²) in [5.74, 6) is 2.87. The van der Waals surface area contributed by atoms with E-state index in [0.717, 1.165) is 16.7 Å². The minimum atomic E-state index is 0.466. The predicted molar refractivity (Wildman–Crippen MR) is 132 cm³/mol. The van der Waals surface area contributed by atoms with Crippen LogP contribution >= 0.6 is 11.6 Å². The molecule has 0 unspecified atom stereocenters. The summed E-state index contributed by atoms with van der Waals surface area (Å²) in [5.41, 5.74) is 3.62. The number of methoxy groups -OCH3 is 2. The second kappa shape index (κ2) is 9.41. The predicted octanol–water partition coefficient (Wildman–Crippen LogP) is 6.23. The van der Waals surface area contributed by atoms with E-state index >= 15 is 0 Å². The van der Waals surface area contributed by atoms with Gasteiger partial charge in [0.05, 0.1) is 14.2 Å². The minimum absolute atomic E-state index is 0.466. The Morgan fingerprint density at radius 3 is 2.32 bits per heavy atom. The number of nitrogens with zero attached hydrogens (tertiary/aromatic N) is 3. The van der Waals surface area contributed by atoms with Crippen LogP contribution < -0.4 is 14.8 Å². The van der Waals surface area contributed by atoms with Crippen molar-refractivity contribution >= 4 is 28.6 Å². The van der Waals surface area contributed by atoms with Gasteiger partial charge in [0.25, 0.3) is 0 Å². The summed E-state index contributed by atoms with van der Waals surface area (Å²) in [6.45, 7) is 0.480. The Hall–Kier alpha value is -4.10. The van der Waals surface area contributed by atoms with Gasteiger partial charge in [-0.05, 0) is 54.1 Å². The van der Waals surface area contributed by atoms with Crippen LogP contribution in [0.25, 0.3) is 34.1 Å². The van der Waals surface area contributed by atoms with E-state index in [1.807, 2.05) is 60.7 Å². The van der Waals surface area contributed by atoms with Crippen LogP contribution in [-0.2, 0) is 6.54 Å². The fraction of sp³-hybridized carbons (Fsp3) is 0.115. The lowest BCUT2D eigenvalue weighted by molar-refractivity contribution is 0.354. The number of aromatic nitrogens is 3. The van der Waals surface area contributed by atoms with Crippen molar-refractivity contribution in [2.75, 3.05) is 19.5 Å². The molecule has 8 heteroatoms. The van der Waals surface area contributed by atoms with Gasteiger partial charge in [0.2, 0.25) is 17.1 Å². The molecule has 0 saturated heterocycles. The summed E-state index contributed by atoms with van der Waals surface area (Å²) in [7, 11) is 3.22. The van der Waals surface area contributed by atoms with Crippen LogP contribution in [0.4, 0.5) is 5.82 Å². The van der Waals surface area contributed by atoms with Crippen molar-refractivity contribution in [3.63, 3.8) is 0 Å². The van der Waals surface area contributed by atoms with Gasteiger partial charge >= 0.3 is 0 Å². The zero-order chi connectivity index (χ0) is 23.5. The molecule has 0 aliphatic heterocycles. The van der Waals surface area contributed by atoms with Gasteiger partial charge in [-0.1, -0.05) is 35.9 Å². The average Bonchev–Trinajstić information content (AvgIpc) is 3.32. The van der Waals surface area contributed by atoms with Crippen molar-refractivity contribution in [1.82, 2.24) is 15.0 Å². The highest BCUT2D eigenvalue weighted by Crippen LogP contribution is 2.31. The van der Waals surface area contributed by atoms with E-state index in [1.165, 1.54) is 0 Å². The Labute approximate surface area is 201 Å². The highest BCUT2D eigenvalue weighted by Gasteiger charge is 2.17. The third-order valence-corrected chi connectivity index (χ3v) is 5.54. The van der Waals surface area contributed by atoms with E-state index in [0.29, 0.717) is 51.8 Å². The molecule has 0 fully saturated rings. The fourth-order valence-corrected chi connectivity index (χ4v) is 3.68. The first kappa shape index (κ1) is 21.7. The smallest absolute Gasteiger partial charge is 0.229 e. The van der Waals surface area contributed by atoms with Crippen LogP contribution in [0.15, 0.2) is 77.2 Å². The first-order chi connectivity index (χ1) is 16.6. The molecule has 34 heavy (non-hydrogen) atoms. The molecular weight excluding hydrogens is 452 g/mol. The molecule has 170 valence electrons. The maximum atomic E-state index is 6.10. The van der Waals surface area contributed by atoms with Crippen molar-refractivity contribution in [3.8, 4) is 34.3 Å². The van der Waals surface area contributed by atoms with E-state index < -0.39 is 0 Å². The lowest BCUT2D eigenvalue weighted by atomic mass is 10.2. The number of anilines is 1. The number of nitrogens with one attached hydrogen (secondary N) is 1. The average molecular weight is 473 g/mol. The quantitative estimate of drug-likeness (QED) is 0.300. The van der Waals surface area contributed by atoms with Gasteiger partial charge in [0, 0.05) is 22.7 Å². The number of ether oxygens (including phenoxy) is 2. The van der Waals surface area contributed by atoms with Crippen molar-refractivity contribution in [2.24, 2.45) is 0 Å². The Morgan fingerprint density at radius 1 is 0.824 bits per heavy atom. The van der Waals surface area contributed by atoms with Crippen LogP contribution in [0, 0.1) is 0 Å². The molecule has 1 N–H and O–H groups in total. The van der Waals surface area contributed by atoms with Crippen LogP contribution in [0.3, 0.4) is 0 Å². The Morgan fingerprint density at radius 2 is 1.59 bits per heavy atom. The lowest BCUT2D eigenvalue weighted by Gasteiger charge is -2.11. The number of rotatable bonds is 7. The summed E-state index contributed by atoms with van der Waals surface area (Å²) in [5, 5.41) is 4.01. The van der Waals surface area contributed by atoms with Crippen LogP contribution in [0.2, 0.25) is 5.02 Å². The van der Waals surface area contributed by atoms with Gasteiger partial charge < -0.3 is 19.2 Å². The van der Waals surface area contributed by atoms with Gasteiger partial charge in [0.1, 0.15) is 0 Å². The minimum Gasteiger partial charge on any atom is -0.493 e. The maximum Gasteiger partial charge on any atom is 0.229 e. The topological polar surface area (TPSA) is 82.3 Å². The molecule has 7 nitrogen and oxygen atoms in total. The largest absolute Gasteiger partial charge is 0.493 e. The summed E-state index contributed by atoms with van der Waals surface area (Å²) < 4.78 is 16.9. The molecule has 2 heterocycles. The molecule has 0 radical (unpaired) electrons. The van der Waals surface area contributed by atoms with Crippen molar-refractivity contribution in [3.05, 3.63) is 83.4 Å². The molecule has 0 saturated carbocycles. The Kier molecular flexibility index (Phi) is 6.01. The molecule has 0 spiro atoms. The van der Waals surface area contributed by atoms with Crippen molar-refractivity contribution in [2.45, 2.75) is 6.54 Å². The maximum absolute atomic E-state index is 6.10. The number of benzene rings is 3. The van der Waals surface area contributed by atoms with Gasteiger partial charge in [0.15, 0.2) is 23.1 Å². The van der Waals surface area contributed by atoms with Gasteiger partial charge in [-0.25, -0.2) is 9.97 Å². The highest BCUT2D eigenvalue weighted by atomic mass is 35.5. The molecule has 0 aliphatic rings. The van der Waals surface area contributed by atoms with Crippen LogP contribution in [0.1, 0.15) is 5.56 Å². The number of oxazole rings is 1. The monoisotopic (exact) mass is 472 g/mol. The van der Waals surface area contributed by atoms with Crippen molar-refractivity contribution in [1.29, 1.82) is 0 Å². The number of hydrogen-bond acceptors (Lipinski definition) is 7. The summed E-state index contributed by atoms with van der Waals surface area (Å²) in [6.07, 6.45) is 0. The van der Waals surface area contributed by atoms with E-state index in [2.05, 4.69) is 15.3 Å². The Bertz CT molecular complexity index is 1440. The molecule has 0 amide bonds. The second-order valence-corrected chi connectivity index (χ2v) is 7.92. The van der Waals surface area contributed by atoms with Gasteiger partial charge in [-0.15, -0.1) is 0 Å². The molecule has 0 atom stereocenters.